The first-order chi connectivity index (χ1) is 17.7. The van der Waals surface area contributed by atoms with E-state index in [-0.39, 0.29) is 29.6 Å². The lowest BCUT2D eigenvalue weighted by molar-refractivity contribution is 0.117. The summed E-state index contributed by atoms with van der Waals surface area (Å²) in [5.74, 6) is 2.11. The molecule has 4 N–H and O–H groups in total. The molecule has 0 amide bonds. The minimum Gasteiger partial charge on any atom is -0.452 e. The molecule has 0 saturated carbocycles. The Bertz CT molecular complexity index is 1470. The second-order valence-electron chi connectivity index (χ2n) is 9.78. The number of nitrogens with one attached hydrogen (secondary N) is 3. The van der Waals surface area contributed by atoms with Crippen molar-refractivity contribution in [2.24, 2.45) is 7.05 Å². The molecule has 0 aromatic carbocycles. The van der Waals surface area contributed by atoms with Crippen molar-refractivity contribution < 1.29 is 14.6 Å². The van der Waals surface area contributed by atoms with Gasteiger partial charge in [0.2, 0.25) is 5.95 Å². The third kappa shape index (κ3) is 4.82. The van der Waals surface area contributed by atoms with Gasteiger partial charge in [-0.15, -0.1) is 0 Å². The topological polar surface area (TPSA) is 152 Å². The molecule has 0 spiro atoms. The second kappa shape index (κ2) is 9.61. The fourth-order valence-electron chi connectivity index (χ4n) is 4.16. The average Bonchev–Trinajstić information content (AvgIpc) is 3.63. The molecule has 0 radical (unpaired) electrons. The Balaban J connectivity index is 1.47. The van der Waals surface area contributed by atoms with Crippen LogP contribution in [-0.4, -0.2) is 64.9 Å². The minimum atomic E-state index is -0.626. The molecule has 37 heavy (non-hydrogen) atoms. The highest BCUT2D eigenvalue weighted by molar-refractivity contribution is 6.36. The van der Waals surface area contributed by atoms with E-state index >= 15 is 0 Å². The number of rotatable bonds is 7. The summed E-state index contributed by atoms with van der Waals surface area (Å²) in [6.07, 6.45) is 6.77. The lowest BCUT2D eigenvalue weighted by Crippen LogP contribution is -2.28. The smallest absolute Gasteiger partial charge is 0.210 e. The first kappa shape index (κ1) is 24.9. The van der Waals surface area contributed by atoms with Crippen LogP contribution in [0.5, 0.6) is 5.75 Å². The zero-order valence-electron chi connectivity index (χ0n) is 20.9. The Labute approximate surface area is 217 Å². The van der Waals surface area contributed by atoms with Crippen LogP contribution >= 0.6 is 11.6 Å². The van der Waals surface area contributed by atoms with E-state index in [1.165, 1.54) is 6.20 Å². The summed E-state index contributed by atoms with van der Waals surface area (Å²) in [5, 5.41) is 26.4. The molecule has 1 aliphatic heterocycles. The molecule has 194 valence electrons. The van der Waals surface area contributed by atoms with Crippen LogP contribution in [0.25, 0.3) is 17.2 Å². The van der Waals surface area contributed by atoms with Gasteiger partial charge in [-0.25, -0.2) is 9.97 Å². The van der Waals surface area contributed by atoms with E-state index in [2.05, 4.69) is 46.0 Å². The number of aliphatic hydroxyl groups is 1. The van der Waals surface area contributed by atoms with Crippen molar-refractivity contribution in [1.29, 1.82) is 5.41 Å². The Morgan fingerprint density at radius 1 is 1.35 bits per heavy atom. The van der Waals surface area contributed by atoms with E-state index in [0.717, 1.165) is 11.9 Å². The van der Waals surface area contributed by atoms with Crippen LogP contribution in [0.4, 0.5) is 11.8 Å². The predicted molar refractivity (Wildman–Crippen MR) is 140 cm³/mol. The maximum absolute atomic E-state index is 10.4. The Morgan fingerprint density at radius 2 is 2.16 bits per heavy atom. The van der Waals surface area contributed by atoms with Gasteiger partial charge in [0.1, 0.15) is 34.3 Å². The van der Waals surface area contributed by atoms with Gasteiger partial charge in [-0.1, -0.05) is 32.4 Å². The number of fused-ring (bicyclic) bond motifs is 1. The number of imidazole rings is 2. The molecule has 2 unspecified atom stereocenters. The minimum absolute atomic E-state index is 0.214. The summed E-state index contributed by atoms with van der Waals surface area (Å²) in [6, 6.07) is 1.68. The molecule has 4 aromatic rings. The van der Waals surface area contributed by atoms with Gasteiger partial charge in [-0.3, -0.25) is 4.68 Å². The van der Waals surface area contributed by atoms with E-state index in [1.54, 1.807) is 30.1 Å². The Kier molecular flexibility index (Phi) is 6.48. The van der Waals surface area contributed by atoms with Gasteiger partial charge < -0.3 is 34.9 Å². The molecule has 0 bridgehead atoms. The molecule has 5 rings (SSSR count). The van der Waals surface area contributed by atoms with Gasteiger partial charge in [0.25, 0.3) is 0 Å². The summed E-state index contributed by atoms with van der Waals surface area (Å²) in [4.78, 5) is 16.0. The highest BCUT2D eigenvalue weighted by atomic mass is 35.5. The lowest BCUT2D eigenvalue weighted by Gasteiger charge is -2.24. The van der Waals surface area contributed by atoms with E-state index in [9.17, 15) is 5.11 Å². The molecule has 1 fully saturated rings. The number of aromatic amines is 1. The number of ether oxygens (including phenoxy) is 2. The lowest BCUT2D eigenvalue weighted by atomic mass is 9.91. The fourth-order valence-corrected chi connectivity index (χ4v) is 4.46. The van der Waals surface area contributed by atoms with Crippen molar-refractivity contribution in [3.63, 3.8) is 0 Å². The van der Waals surface area contributed by atoms with E-state index in [1.807, 2.05) is 10.7 Å². The maximum atomic E-state index is 10.4. The number of aryl methyl sites for hydroxylation is 1. The highest BCUT2D eigenvalue weighted by Crippen LogP contribution is 2.35. The first-order valence-corrected chi connectivity index (χ1v) is 12.1. The summed E-state index contributed by atoms with van der Waals surface area (Å²) >= 11 is 6.70. The Morgan fingerprint density at radius 3 is 2.81 bits per heavy atom. The third-order valence-electron chi connectivity index (χ3n) is 6.05. The van der Waals surface area contributed by atoms with Crippen molar-refractivity contribution in [2.45, 2.75) is 38.3 Å². The number of anilines is 2. The first-order valence-electron chi connectivity index (χ1n) is 11.7. The quantitative estimate of drug-likeness (QED) is 0.211. The predicted octanol–water partition coefficient (Wildman–Crippen LogP) is 3.58. The SMILES string of the molecule is Cn1c(Nc2cc(C(C)(C)C)n(C3COCC3O)n2)nc2ncc(O/C(C=N)=C/c3ncc[nH]3)c(Cl)c21. The molecule has 0 aliphatic carbocycles. The Hall–Kier alpha value is -3.74. The van der Waals surface area contributed by atoms with Crippen molar-refractivity contribution in [3.8, 4) is 5.75 Å². The van der Waals surface area contributed by atoms with Gasteiger partial charge in [0.05, 0.1) is 25.6 Å². The van der Waals surface area contributed by atoms with Gasteiger partial charge >= 0.3 is 0 Å². The summed E-state index contributed by atoms with van der Waals surface area (Å²) in [5.41, 5.74) is 1.72. The normalized spacial score (nSPS) is 18.5. The summed E-state index contributed by atoms with van der Waals surface area (Å²) in [6.45, 7) is 6.96. The van der Waals surface area contributed by atoms with Gasteiger partial charge in [-0.05, 0) is 0 Å². The van der Waals surface area contributed by atoms with Crippen LogP contribution in [0.3, 0.4) is 0 Å². The standard InChI is InChI=1S/C24H28ClN9O3/c1-24(2,3)17-8-19(32-34(17)14-11-36-12-15(14)35)30-23-31-22-21(33(23)4)20(25)16(10-29-22)37-13(9-26)7-18-27-5-6-28-18/h5-10,14-15,26,35H,11-12H2,1-4H3,(H,27,28)(H,29,30,31,32)/b13-7+,26-9?. The number of hydrogen-bond acceptors (Lipinski definition) is 9. The van der Waals surface area contributed by atoms with Crippen molar-refractivity contribution in [1.82, 2.24) is 34.3 Å². The van der Waals surface area contributed by atoms with Crippen molar-refractivity contribution >= 4 is 46.8 Å². The van der Waals surface area contributed by atoms with Crippen LogP contribution in [0, 0.1) is 5.41 Å². The molecule has 2 atom stereocenters. The van der Waals surface area contributed by atoms with E-state index < -0.39 is 6.10 Å². The number of H-pyrrole nitrogens is 1. The second-order valence-corrected chi connectivity index (χ2v) is 10.2. The molecule has 12 nitrogen and oxygen atoms in total. The number of aliphatic hydroxyl groups excluding tert-OH is 1. The zero-order valence-corrected chi connectivity index (χ0v) is 21.6. The summed E-state index contributed by atoms with van der Waals surface area (Å²) < 4.78 is 14.9. The zero-order chi connectivity index (χ0) is 26.3. The molecule has 13 heteroatoms. The molecule has 1 aliphatic rings. The molecular formula is C24H28ClN9O3. The third-order valence-corrected chi connectivity index (χ3v) is 6.42. The number of aromatic nitrogens is 7. The molecule has 4 aromatic heterocycles. The van der Waals surface area contributed by atoms with Crippen LogP contribution in [0.1, 0.15) is 38.3 Å². The van der Waals surface area contributed by atoms with Crippen LogP contribution < -0.4 is 10.1 Å². The number of pyridine rings is 1. The molecular weight excluding hydrogens is 498 g/mol. The van der Waals surface area contributed by atoms with E-state index in [4.69, 9.17) is 31.6 Å². The van der Waals surface area contributed by atoms with Gasteiger partial charge in [-0.2, -0.15) is 10.1 Å². The number of hydrogen-bond donors (Lipinski definition) is 4. The van der Waals surface area contributed by atoms with Gasteiger partial charge in [0.15, 0.2) is 17.2 Å². The van der Waals surface area contributed by atoms with Crippen molar-refractivity contribution in [3.05, 3.63) is 47.0 Å². The number of allylic oxidation sites excluding steroid dienone is 1. The largest absolute Gasteiger partial charge is 0.452 e. The van der Waals surface area contributed by atoms with Crippen molar-refractivity contribution in [2.75, 3.05) is 18.5 Å². The van der Waals surface area contributed by atoms with Crippen LogP contribution in [-0.2, 0) is 17.2 Å². The average molecular weight is 526 g/mol. The summed E-state index contributed by atoms with van der Waals surface area (Å²) in [7, 11) is 1.81. The highest BCUT2D eigenvalue weighted by Gasteiger charge is 2.33. The van der Waals surface area contributed by atoms with Gasteiger partial charge in [0, 0.05) is 42.7 Å². The number of halogens is 1. The number of nitrogens with zero attached hydrogens (tertiary/aromatic N) is 6. The van der Waals surface area contributed by atoms with Crippen LogP contribution in [0.15, 0.2) is 30.4 Å². The van der Waals surface area contributed by atoms with Crippen LogP contribution in [0.2, 0.25) is 5.02 Å². The molecule has 5 heterocycles. The van der Waals surface area contributed by atoms with E-state index in [0.29, 0.717) is 40.4 Å². The monoisotopic (exact) mass is 525 g/mol. The molecule has 1 saturated heterocycles. The fraction of sp³-hybridized carbons (Fsp3) is 0.375. The maximum Gasteiger partial charge on any atom is 0.210 e.